The number of benzene rings is 7. The summed E-state index contributed by atoms with van der Waals surface area (Å²) in [5.74, 6) is 1.95. The maximum atomic E-state index is 7.55. The van der Waals surface area contributed by atoms with Crippen LogP contribution in [-0.2, 0) is 5.41 Å². The first-order chi connectivity index (χ1) is 24.1. The van der Waals surface area contributed by atoms with Crippen molar-refractivity contribution in [1.82, 2.24) is 9.13 Å². The molecule has 0 fully saturated rings. The first-order valence-corrected chi connectivity index (χ1v) is 17.2. The summed E-state index contributed by atoms with van der Waals surface area (Å²) >= 11 is 0. The molecule has 230 valence electrons. The Labute approximate surface area is 284 Å². The number of fused-ring (bicyclic) bond motifs is 12. The van der Waals surface area contributed by atoms with Crippen LogP contribution in [0.2, 0.25) is 0 Å². The van der Waals surface area contributed by atoms with Crippen molar-refractivity contribution in [2.24, 2.45) is 0 Å². The van der Waals surface area contributed by atoms with Gasteiger partial charge in [-0.15, -0.1) is 0 Å². The van der Waals surface area contributed by atoms with E-state index >= 15 is 0 Å². The fourth-order valence-corrected chi connectivity index (χ4v) is 9.15. The van der Waals surface area contributed by atoms with Crippen molar-refractivity contribution in [2.45, 2.75) is 19.3 Å². The van der Waals surface area contributed by atoms with Gasteiger partial charge in [0, 0.05) is 27.6 Å². The molecular weight excluding hydrogens is 595 g/mol. The van der Waals surface area contributed by atoms with E-state index in [9.17, 15) is 0 Å². The second kappa shape index (κ2) is 9.55. The number of hydrogen-bond acceptors (Lipinski definition) is 1. The first kappa shape index (κ1) is 27.0. The molecule has 2 aromatic heterocycles. The molecule has 0 spiro atoms. The molecule has 0 bridgehead atoms. The number of nitrogens with zero attached hydrogens (tertiary/aromatic N) is 2. The lowest BCUT2D eigenvalue weighted by Crippen LogP contribution is -2.62. The Hall–Kier alpha value is -6.00. The van der Waals surface area contributed by atoms with Gasteiger partial charge in [-0.3, -0.25) is 0 Å². The zero-order valence-electron chi connectivity index (χ0n) is 27.3. The van der Waals surface area contributed by atoms with Crippen molar-refractivity contribution < 1.29 is 4.74 Å². The summed E-state index contributed by atoms with van der Waals surface area (Å²) in [7, 11) is 0. The number of para-hydroxylation sites is 4. The van der Waals surface area contributed by atoms with Gasteiger partial charge in [0.05, 0.1) is 32.8 Å². The van der Waals surface area contributed by atoms with E-state index in [2.05, 4.69) is 175 Å². The van der Waals surface area contributed by atoms with Crippen LogP contribution >= 0.6 is 0 Å². The molecule has 0 unspecified atom stereocenters. The third-order valence-corrected chi connectivity index (χ3v) is 11.2. The van der Waals surface area contributed by atoms with E-state index in [0.29, 0.717) is 0 Å². The Balaban J connectivity index is 1.33. The molecule has 0 aliphatic carbocycles. The van der Waals surface area contributed by atoms with E-state index in [4.69, 9.17) is 4.74 Å². The molecule has 0 saturated heterocycles. The molecule has 0 radical (unpaired) electrons. The number of ether oxygens (including phenoxy) is 1. The highest BCUT2D eigenvalue weighted by molar-refractivity contribution is 6.98. The third-order valence-electron chi connectivity index (χ3n) is 11.2. The molecule has 4 heterocycles. The molecule has 7 aromatic carbocycles. The zero-order valence-corrected chi connectivity index (χ0v) is 27.3. The van der Waals surface area contributed by atoms with Crippen molar-refractivity contribution in [3.05, 3.63) is 163 Å². The second-order valence-corrected chi connectivity index (χ2v) is 14.1. The molecule has 0 saturated carbocycles. The Morgan fingerprint density at radius 3 is 1.69 bits per heavy atom. The van der Waals surface area contributed by atoms with Crippen LogP contribution in [0.15, 0.2) is 152 Å². The van der Waals surface area contributed by atoms with Gasteiger partial charge in [-0.25, -0.2) is 0 Å². The summed E-state index contributed by atoms with van der Waals surface area (Å²) in [4.78, 5) is 0. The largest absolute Gasteiger partial charge is 0.457 e. The van der Waals surface area contributed by atoms with Gasteiger partial charge in [0.1, 0.15) is 11.5 Å². The van der Waals surface area contributed by atoms with Crippen molar-refractivity contribution in [1.29, 1.82) is 0 Å². The lowest BCUT2D eigenvalue weighted by molar-refractivity contribution is 0.496. The summed E-state index contributed by atoms with van der Waals surface area (Å²) in [6.45, 7) is 4.81. The minimum absolute atomic E-state index is 0.0458. The Bertz CT molecular complexity index is 2830. The maximum absolute atomic E-state index is 7.55. The highest BCUT2D eigenvalue weighted by Crippen LogP contribution is 2.48. The topological polar surface area (TPSA) is 19.1 Å². The summed E-state index contributed by atoms with van der Waals surface area (Å²) in [6.07, 6.45) is 0. The molecular formula is C45H31BN2O. The fourth-order valence-electron chi connectivity index (χ4n) is 9.15. The van der Waals surface area contributed by atoms with E-state index in [1.807, 2.05) is 0 Å². The monoisotopic (exact) mass is 626 g/mol. The predicted octanol–water partition coefficient (Wildman–Crippen LogP) is 9.14. The molecule has 2 aliphatic rings. The van der Waals surface area contributed by atoms with Crippen LogP contribution < -0.4 is 21.1 Å². The van der Waals surface area contributed by atoms with Crippen LogP contribution in [0.3, 0.4) is 0 Å². The van der Waals surface area contributed by atoms with Gasteiger partial charge < -0.3 is 13.9 Å². The van der Waals surface area contributed by atoms with Gasteiger partial charge in [-0.2, -0.15) is 0 Å². The lowest BCUT2D eigenvalue weighted by Gasteiger charge is -2.42. The maximum Gasteiger partial charge on any atom is 0.251 e. The first-order valence-electron chi connectivity index (χ1n) is 17.2. The zero-order chi connectivity index (χ0) is 32.4. The summed E-state index contributed by atoms with van der Waals surface area (Å²) in [5, 5.41) is 4.74. The third kappa shape index (κ3) is 3.43. The van der Waals surface area contributed by atoms with Crippen LogP contribution in [0.1, 0.15) is 25.0 Å². The van der Waals surface area contributed by atoms with Gasteiger partial charge in [0.2, 0.25) is 0 Å². The highest BCUT2D eigenvalue weighted by Gasteiger charge is 2.46. The van der Waals surface area contributed by atoms with Crippen LogP contribution in [0.5, 0.6) is 11.5 Å². The Morgan fingerprint density at radius 1 is 0.469 bits per heavy atom. The number of hydrogen-bond donors (Lipinski definition) is 0. The average Bonchev–Trinajstić information content (AvgIpc) is 3.67. The summed E-state index contributed by atoms with van der Waals surface area (Å²) in [5.41, 5.74) is 13.3. The summed E-state index contributed by atoms with van der Waals surface area (Å²) in [6, 6.07) is 55.2. The van der Waals surface area contributed by atoms with Crippen molar-refractivity contribution >= 4 is 66.7 Å². The second-order valence-electron chi connectivity index (χ2n) is 14.1. The van der Waals surface area contributed by atoms with Gasteiger partial charge in [0.15, 0.2) is 0 Å². The molecule has 0 N–H and O–H groups in total. The van der Waals surface area contributed by atoms with Gasteiger partial charge in [0.25, 0.3) is 6.71 Å². The van der Waals surface area contributed by atoms with Crippen molar-refractivity contribution in [2.75, 3.05) is 0 Å². The van der Waals surface area contributed by atoms with Crippen LogP contribution in [0, 0.1) is 0 Å². The van der Waals surface area contributed by atoms with E-state index in [-0.39, 0.29) is 12.1 Å². The molecule has 0 amide bonds. The van der Waals surface area contributed by atoms with E-state index < -0.39 is 0 Å². The van der Waals surface area contributed by atoms with Crippen LogP contribution in [0.4, 0.5) is 0 Å². The molecule has 49 heavy (non-hydrogen) atoms. The summed E-state index contributed by atoms with van der Waals surface area (Å²) < 4.78 is 12.4. The van der Waals surface area contributed by atoms with Crippen LogP contribution in [-0.4, -0.2) is 15.8 Å². The predicted molar refractivity (Wildman–Crippen MR) is 205 cm³/mol. The fraction of sp³-hybridized carbons (Fsp3) is 0.0667. The van der Waals surface area contributed by atoms with Gasteiger partial charge in [-0.1, -0.05) is 122 Å². The van der Waals surface area contributed by atoms with Crippen molar-refractivity contribution in [3.63, 3.8) is 0 Å². The van der Waals surface area contributed by atoms with E-state index in [1.165, 1.54) is 60.2 Å². The Kier molecular flexibility index (Phi) is 5.26. The minimum atomic E-state index is -0.225. The molecule has 2 aliphatic heterocycles. The van der Waals surface area contributed by atoms with E-state index in [0.717, 1.165) is 33.8 Å². The lowest BCUT2D eigenvalue weighted by atomic mass is 9.30. The standard InChI is InChI=1S/C45H31BN2O/c1-45(2)32-21-11-12-22-34(32)46-35-25-26-38-40(30-19-9-13-23-36(30)47(38)28-15-5-3-6-16-28)43(35)49-44-41-31-20-10-14-24-37(31)48(29-17-7-4-8-18-29)39(41)27-33(45)42(44)46/h3-27H,1-2H3. The highest BCUT2D eigenvalue weighted by atomic mass is 16.5. The molecule has 11 rings (SSSR count). The van der Waals surface area contributed by atoms with E-state index in [1.54, 1.807) is 0 Å². The molecule has 0 atom stereocenters. The minimum Gasteiger partial charge on any atom is -0.457 e. The number of rotatable bonds is 2. The SMILES string of the molecule is CC1(C)c2ccccc2B2c3ccc4c(c3Oc3c2c1cc1c3c2ccccc2n1-c1ccccc1)c1ccccc1n4-c1ccccc1. The van der Waals surface area contributed by atoms with Gasteiger partial charge >= 0.3 is 0 Å². The molecule has 9 aromatic rings. The molecule has 3 nitrogen and oxygen atoms in total. The number of aromatic nitrogens is 2. The van der Waals surface area contributed by atoms with Crippen LogP contribution in [0.25, 0.3) is 55.0 Å². The average molecular weight is 627 g/mol. The Morgan fingerprint density at radius 2 is 1.02 bits per heavy atom. The quantitative estimate of drug-likeness (QED) is 0.175. The smallest absolute Gasteiger partial charge is 0.251 e. The van der Waals surface area contributed by atoms with Gasteiger partial charge in [-0.05, 0) is 70.6 Å². The molecule has 4 heteroatoms. The normalized spacial score (nSPS) is 14.2. The van der Waals surface area contributed by atoms with Crippen molar-refractivity contribution in [3.8, 4) is 22.9 Å².